The Morgan fingerprint density at radius 1 is 0.926 bits per heavy atom. The minimum atomic E-state index is -0.276. The summed E-state index contributed by atoms with van der Waals surface area (Å²) in [5.41, 5.74) is 4.56. The molecule has 0 fully saturated rings. The van der Waals surface area contributed by atoms with Crippen LogP contribution in [0.4, 0.5) is 4.39 Å². The van der Waals surface area contributed by atoms with E-state index < -0.39 is 0 Å². The van der Waals surface area contributed by atoms with Crippen molar-refractivity contribution in [2.45, 2.75) is 6.54 Å². The van der Waals surface area contributed by atoms with E-state index in [0.29, 0.717) is 17.8 Å². The summed E-state index contributed by atoms with van der Waals surface area (Å²) in [4.78, 5) is 17.0. The maximum Gasteiger partial charge on any atom is 0.281 e. The normalized spacial score (nSPS) is 14.2. The third-order valence-electron chi connectivity index (χ3n) is 4.95. The predicted octanol–water partition coefficient (Wildman–Crippen LogP) is 4.49. The van der Waals surface area contributed by atoms with E-state index in [1.807, 2.05) is 48.5 Å². The fourth-order valence-electron chi connectivity index (χ4n) is 3.67. The number of hydrogen-bond donors (Lipinski definition) is 0. The monoisotopic (exact) mass is 354 g/mol. The highest BCUT2D eigenvalue weighted by molar-refractivity contribution is 5.93. The molecule has 0 unspecified atom stereocenters. The molecule has 0 bridgehead atoms. The molecule has 3 aromatic carbocycles. The molecule has 4 heteroatoms. The SMILES string of the molecule is O=c1nc2n(c3ccccc13)Cc1ccccc1C2=Cc1ccc(F)cc1. The largest absolute Gasteiger partial charge is 0.320 e. The van der Waals surface area contributed by atoms with Crippen LogP contribution in [0.2, 0.25) is 0 Å². The van der Waals surface area contributed by atoms with Crippen molar-refractivity contribution >= 4 is 22.6 Å². The van der Waals surface area contributed by atoms with Gasteiger partial charge in [0.25, 0.3) is 5.56 Å². The molecule has 0 radical (unpaired) electrons. The zero-order chi connectivity index (χ0) is 18.4. The Bertz CT molecular complexity index is 1270. The second kappa shape index (κ2) is 6.02. The van der Waals surface area contributed by atoms with E-state index in [0.717, 1.165) is 27.8 Å². The van der Waals surface area contributed by atoms with Gasteiger partial charge in [0.15, 0.2) is 0 Å². The molecule has 5 rings (SSSR count). The van der Waals surface area contributed by atoms with Gasteiger partial charge in [0.05, 0.1) is 17.4 Å². The first kappa shape index (κ1) is 15.7. The van der Waals surface area contributed by atoms with E-state index in [9.17, 15) is 9.18 Å². The van der Waals surface area contributed by atoms with Crippen molar-refractivity contribution in [2.24, 2.45) is 0 Å². The van der Waals surface area contributed by atoms with Gasteiger partial charge in [-0.1, -0.05) is 48.5 Å². The van der Waals surface area contributed by atoms with Gasteiger partial charge in [0.1, 0.15) is 11.6 Å². The number of rotatable bonds is 1. The van der Waals surface area contributed by atoms with Gasteiger partial charge in [-0.15, -0.1) is 0 Å². The molecule has 1 aliphatic heterocycles. The lowest BCUT2D eigenvalue weighted by Crippen LogP contribution is -2.23. The van der Waals surface area contributed by atoms with Crippen molar-refractivity contribution in [1.29, 1.82) is 0 Å². The summed E-state index contributed by atoms with van der Waals surface area (Å²) in [5.74, 6) is 0.364. The number of fused-ring (bicyclic) bond motifs is 4. The summed E-state index contributed by atoms with van der Waals surface area (Å²) in [6.07, 6.45) is 1.96. The second-order valence-corrected chi connectivity index (χ2v) is 6.61. The Labute approximate surface area is 155 Å². The van der Waals surface area contributed by atoms with Gasteiger partial charge < -0.3 is 4.57 Å². The quantitative estimate of drug-likeness (QED) is 0.445. The zero-order valence-corrected chi connectivity index (χ0v) is 14.4. The van der Waals surface area contributed by atoms with Crippen LogP contribution >= 0.6 is 0 Å². The van der Waals surface area contributed by atoms with Gasteiger partial charge >= 0.3 is 0 Å². The Kier molecular flexibility index (Phi) is 3.50. The fourth-order valence-corrected chi connectivity index (χ4v) is 3.67. The Balaban J connectivity index is 1.84. The molecular formula is C23H15FN2O. The highest BCUT2D eigenvalue weighted by Crippen LogP contribution is 2.33. The molecule has 1 aliphatic rings. The molecule has 0 atom stereocenters. The van der Waals surface area contributed by atoms with Crippen LogP contribution in [-0.4, -0.2) is 9.55 Å². The van der Waals surface area contributed by atoms with E-state index in [2.05, 4.69) is 15.6 Å². The average Bonchev–Trinajstić information content (AvgIpc) is 2.70. The molecule has 0 amide bonds. The summed E-state index contributed by atoms with van der Waals surface area (Å²) in [7, 11) is 0. The van der Waals surface area contributed by atoms with Gasteiger partial charge in [-0.05, 0) is 47.0 Å². The van der Waals surface area contributed by atoms with E-state index in [-0.39, 0.29) is 11.4 Å². The van der Waals surface area contributed by atoms with Gasteiger partial charge in [-0.2, -0.15) is 4.98 Å². The number of halogens is 1. The number of para-hydroxylation sites is 1. The first-order chi connectivity index (χ1) is 13.2. The lowest BCUT2D eigenvalue weighted by Gasteiger charge is -2.25. The molecule has 0 spiro atoms. The van der Waals surface area contributed by atoms with Gasteiger partial charge in [0, 0.05) is 5.57 Å². The topological polar surface area (TPSA) is 34.9 Å². The molecule has 3 nitrogen and oxygen atoms in total. The van der Waals surface area contributed by atoms with Crippen LogP contribution in [0.25, 0.3) is 22.6 Å². The standard InChI is InChI=1S/C23H15FN2O/c24-17-11-9-15(10-12-17)13-20-18-6-2-1-5-16(18)14-26-21-8-4-3-7-19(21)23(27)25-22(20)26/h1-13H,14H2. The molecule has 0 saturated heterocycles. The lowest BCUT2D eigenvalue weighted by atomic mass is 9.93. The van der Waals surface area contributed by atoms with E-state index >= 15 is 0 Å². The molecule has 1 aromatic heterocycles. The third-order valence-corrected chi connectivity index (χ3v) is 4.95. The number of benzene rings is 3. The molecule has 0 saturated carbocycles. The highest BCUT2D eigenvalue weighted by atomic mass is 19.1. The van der Waals surface area contributed by atoms with Gasteiger partial charge in [-0.3, -0.25) is 4.79 Å². The smallest absolute Gasteiger partial charge is 0.281 e. The average molecular weight is 354 g/mol. The van der Waals surface area contributed by atoms with E-state index in [1.165, 1.54) is 12.1 Å². The molecule has 4 aromatic rings. The molecular weight excluding hydrogens is 339 g/mol. The lowest BCUT2D eigenvalue weighted by molar-refractivity contribution is 0.628. The first-order valence-electron chi connectivity index (χ1n) is 8.76. The van der Waals surface area contributed by atoms with Crippen LogP contribution in [0, 0.1) is 5.82 Å². The third kappa shape index (κ3) is 2.57. The fraction of sp³-hybridized carbons (Fsp3) is 0.0435. The number of hydrogen-bond acceptors (Lipinski definition) is 2. The number of aromatic nitrogens is 2. The van der Waals surface area contributed by atoms with Gasteiger partial charge in [-0.25, -0.2) is 4.39 Å². The summed E-state index contributed by atoms with van der Waals surface area (Å²) in [6.45, 7) is 0.653. The Hall–Kier alpha value is -3.53. The minimum absolute atomic E-state index is 0.235. The Morgan fingerprint density at radius 2 is 1.67 bits per heavy atom. The van der Waals surface area contributed by atoms with E-state index in [1.54, 1.807) is 12.1 Å². The van der Waals surface area contributed by atoms with Crippen molar-refractivity contribution in [2.75, 3.05) is 0 Å². The molecule has 130 valence electrons. The van der Waals surface area contributed by atoms with Crippen LogP contribution in [0.15, 0.2) is 77.6 Å². The van der Waals surface area contributed by atoms with Crippen molar-refractivity contribution in [3.05, 3.63) is 111 Å². The van der Waals surface area contributed by atoms with Crippen molar-refractivity contribution in [3.63, 3.8) is 0 Å². The molecule has 27 heavy (non-hydrogen) atoms. The Morgan fingerprint density at radius 3 is 2.52 bits per heavy atom. The van der Waals surface area contributed by atoms with Crippen LogP contribution in [0.3, 0.4) is 0 Å². The second-order valence-electron chi connectivity index (χ2n) is 6.61. The summed E-state index contributed by atoms with van der Waals surface area (Å²) < 4.78 is 15.4. The van der Waals surface area contributed by atoms with Crippen LogP contribution < -0.4 is 5.56 Å². The number of nitrogens with zero attached hydrogens (tertiary/aromatic N) is 2. The van der Waals surface area contributed by atoms with Crippen LogP contribution in [0.5, 0.6) is 0 Å². The van der Waals surface area contributed by atoms with E-state index in [4.69, 9.17) is 0 Å². The molecule has 0 N–H and O–H groups in total. The maximum atomic E-state index is 13.3. The van der Waals surface area contributed by atoms with Crippen molar-refractivity contribution in [1.82, 2.24) is 9.55 Å². The molecule has 2 heterocycles. The maximum absolute atomic E-state index is 13.3. The predicted molar refractivity (Wildman–Crippen MR) is 105 cm³/mol. The minimum Gasteiger partial charge on any atom is -0.320 e. The summed E-state index contributed by atoms with van der Waals surface area (Å²) in [6, 6.07) is 22.0. The first-order valence-corrected chi connectivity index (χ1v) is 8.76. The summed E-state index contributed by atoms with van der Waals surface area (Å²) >= 11 is 0. The van der Waals surface area contributed by atoms with Crippen LogP contribution in [-0.2, 0) is 6.54 Å². The molecule has 0 aliphatic carbocycles. The summed E-state index contributed by atoms with van der Waals surface area (Å²) in [5, 5.41) is 0.613. The highest BCUT2D eigenvalue weighted by Gasteiger charge is 2.23. The van der Waals surface area contributed by atoms with Crippen molar-refractivity contribution in [3.8, 4) is 0 Å². The van der Waals surface area contributed by atoms with Crippen LogP contribution in [0.1, 0.15) is 22.5 Å². The van der Waals surface area contributed by atoms with Gasteiger partial charge in [0.2, 0.25) is 0 Å². The van der Waals surface area contributed by atoms with Crippen molar-refractivity contribution < 1.29 is 4.39 Å². The zero-order valence-electron chi connectivity index (χ0n) is 14.4.